The summed E-state index contributed by atoms with van der Waals surface area (Å²) in [6.07, 6.45) is 2.01. The van der Waals surface area contributed by atoms with E-state index in [0.717, 1.165) is 5.52 Å². The third-order valence-corrected chi connectivity index (χ3v) is 1.53. The fraction of sp³-hybridized carbons (Fsp3) is 0.125. The largest absolute Gasteiger partial charge is 0.275 e. The summed E-state index contributed by atoms with van der Waals surface area (Å²) < 4.78 is 1.82. The fourth-order valence-electron chi connectivity index (χ4n) is 1.09. The van der Waals surface area contributed by atoms with Gasteiger partial charge >= 0.3 is 0 Å². The molecule has 0 aliphatic rings. The molecule has 3 heteroatoms. The Hall–Kier alpha value is -1.02. The number of hydrogen-bond donors (Lipinski definition) is 0. The Labute approximate surface area is 71.2 Å². The number of aryl methyl sites for hydroxylation is 1. The normalized spacial score (nSPS) is 9.55. The monoisotopic (exact) mass is 168 g/mol. The molecule has 0 radical (unpaired) electrons. The van der Waals surface area contributed by atoms with Crippen LogP contribution in [0.2, 0.25) is 0 Å². The Bertz CT molecular complexity index is 321. The third-order valence-electron chi connectivity index (χ3n) is 1.53. The third kappa shape index (κ3) is 1.35. The van der Waals surface area contributed by atoms with Crippen LogP contribution in [0.4, 0.5) is 0 Å². The van der Waals surface area contributed by atoms with Gasteiger partial charge in [-0.05, 0) is 6.07 Å². The zero-order chi connectivity index (χ0) is 6.97. The highest BCUT2D eigenvalue weighted by molar-refractivity contribution is 5.85. The molecule has 0 aliphatic carbocycles. The van der Waals surface area contributed by atoms with Gasteiger partial charge in [-0.3, -0.25) is 4.68 Å². The summed E-state index contributed by atoms with van der Waals surface area (Å²) in [7, 11) is 1.93. The molecule has 0 saturated heterocycles. The second-order valence-electron chi connectivity index (χ2n) is 2.36. The van der Waals surface area contributed by atoms with E-state index in [1.165, 1.54) is 5.39 Å². The molecule has 0 amide bonds. The summed E-state index contributed by atoms with van der Waals surface area (Å²) in [6.45, 7) is 0. The van der Waals surface area contributed by atoms with E-state index >= 15 is 0 Å². The van der Waals surface area contributed by atoms with Crippen LogP contribution in [0.15, 0.2) is 30.5 Å². The molecule has 0 aliphatic heterocycles. The van der Waals surface area contributed by atoms with Crippen LogP contribution < -0.4 is 0 Å². The second-order valence-corrected chi connectivity index (χ2v) is 2.36. The van der Waals surface area contributed by atoms with Crippen molar-refractivity contribution in [2.24, 2.45) is 7.05 Å². The summed E-state index contributed by atoms with van der Waals surface area (Å²) in [5.74, 6) is 0. The van der Waals surface area contributed by atoms with Crippen molar-refractivity contribution in [2.75, 3.05) is 0 Å². The zero-order valence-electron chi connectivity index (χ0n) is 6.19. The van der Waals surface area contributed by atoms with Crippen LogP contribution in [0.1, 0.15) is 0 Å². The summed E-state index contributed by atoms with van der Waals surface area (Å²) in [4.78, 5) is 0. The van der Waals surface area contributed by atoms with Crippen LogP contribution in [0, 0.1) is 0 Å². The molecule has 0 spiro atoms. The van der Waals surface area contributed by atoms with Gasteiger partial charge < -0.3 is 0 Å². The van der Waals surface area contributed by atoms with E-state index in [2.05, 4.69) is 11.2 Å². The van der Waals surface area contributed by atoms with Crippen molar-refractivity contribution in [1.29, 1.82) is 0 Å². The maximum Gasteiger partial charge on any atom is 0.0923 e. The number of halogens is 1. The van der Waals surface area contributed by atoms with Crippen molar-refractivity contribution in [2.45, 2.75) is 0 Å². The van der Waals surface area contributed by atoms with Gasteiger partial charge in [-0.25, -0.2) is 0 Å². The Morgan fingerprint density at radius 2 is 2.00 bits per heavy atom. The first-order valence-electron chi connectivity index (χ1n) is 3.25. The van der Waals surface area contributed by atoms with Crippen LogP contribution >= 0.6 is 12.4 Å². The summed E-state index contributed by atoms with van der Waals surface area (Å²) in [5, 5.41) is 5.43. The van der Waals surface area contributed by atoms with Gasteiger partial charge in [0.1, 0.15) is 0 Å². The zero-order valence-corrected chi connectivity index (χ0v) is 7.01. The summed E-state index contributed by atoms with van der Waals surface area (Å²) in [5.41, 5.74) is 1.06. The van der Waals surface area contributed by atoms with Crippen LogP contribution in [0.5, 0.6) is 0 Å². The average molecular weight is 169 g/mol. The minimum Gasteiger partial charge on any atom is -0.275 e. The predicted molar refractivity (Wildman–Crippen MR) is 48.0 cm³/mol. The van der Waals surface area contributed by atoms with Gasteiger partial charge in [0.2, 0.25) is 0 Å². The molecule has 0 atom stereocenters. The average Bonchev–Trinajstić information content (AvgIpc) is 2.27. The smallest absolute Gasteiger partial charge is 0.0923 e. The Morgan fingerprint density at radius 1 is 1.27 bits per heavy atom. The Balaban J connectivity index is 0.000000605. The highest BCUT2D eigenvalue weighted by Crippen LogP contribution is 2.08. The highest BCUT2D eigenvalue weighted by atomic mass is 35.5. The van der Waals surface area contributed by atoms with E-state index in [4.69, 9.17) is 0 Å². The molecule has 2 aromatic rings. The van der Waals surface area contributed by atoms with Gasteiger partial charge in [-0.15, -0.1) is 12.4 Å². The predicted octanol–water partition coefficient (Wildman–Crippen LogP) is 2.00. The quantitative estimate of drug-likeness (QED) is 0.589. The standard InChI is InChI=1S/C8H8N2.ClH/c1-10-6-7-4-2-3-5-8(7)9-10;/h2-6H,1H3;1H. The SMILES string of the molecule is Cl.Cn1cc2ccccc2n1. The van der Waals surface area contributed by atoms with Crippen LogP contribution in [-0.4, -0.2) is 9.78 Å². The second kappa shape index (κ2) is 2.93. The van der Waals surface area contributed by atoms with Crippen molar-refractivity contribution in [3.63, 3.8) is 0 Å². The van der Waals surface area contributed by atoms with E-state index in [-0.39, 0.29) is 12.4 Å². The van der Waals surface area contributed by atoms with Gasteiger partial charge in [0.15, 0.2) is 0 Å². The molecule has 1 aromatic heterocycles. The summed E-state index contributed by atoms with van der Waals surface area (Å²) in [6, 6.07) is 8.08. The molecule has 2 rings (SSSR count). The minimum atomic E-state index is 0. The lowest BCUT2D eigenvalue weighted by molar-refractivity contribution is 0.780. The molecule has 0 fully saturated rings. The molecule has 11 heavy (non-hydrogen) atoms. The van der Waals surface area contributed by atoms with E-state index in [0.29, 0.717) is 0 Å². The lowest BCUT2D eigenvalue weighted by Crippen LogP contribution is -1.84. The molecular formula is C8H9ClN2. The van der Waals surface area contributed by atoms with Crippen molar-refractivity contribution >= 4 is 23.3 Å². The number of aromatic nitrogens is 2. The van der Waals surface area contributed by atoms with E-state index < -0.39 is 0 Å². The molecule has 0 N–H and O–H groups in total. The Kier molecular flexibility index (Phi) is 2.15. The molecule has 1 heterocycles. The number of rotatable bonds is 0. The van der Waals surface area contributed by atoms with Crippen LogP contribution in [0.3, 0.4) is 0 Å². The van der Waals surface area contributed by atoms with Crippen LogP contribution in [0.25, 0.3) is 10.9 Å². The Morgan fingerprint density at radius 3 is 2.73 bits per heavy atom. The first kappa shape index (κ1) is 8.08. The first-order chi connectivity index (χ1) is 4.86. The maximum atomic E-state index is 4.23. The topological polar surface area (TPSA) is 17.8 Å². The first-order valence-corrected chi connectivity index (χ1v) is 3.25. The van der Waals surface area contributed by atoms with E-state index in [1.807, 2.05) is 36.1 Å². The summed E-state index contributed by atoms with van der Waals surface area (Å²) >= 11 is 0. The number of nitrogens with zero attached hydrogens (tertiary/aromatic N) is 2. The maximum absolute atomic E-state index is 4.23. The molecule has 1 aromatic carbocycles. The van der Waals surface area contributed by atoms with Gasteiger partial charge in [0.05, 0.1) is 5.52 Å². The molecular weight excluding hydrogens is 160 g/mol. The van der Waals surface area contributed by atoms with Crippen molar-refractivity contribution in [1.82, 2.24) is 9.78 Å². The number of benzene rings is 1. The number of fused-ring (bicyclic) bond motifs is 1. The fourth-order valence-corrected chi connectivity index (χ4v) is 1.09. The molecule has 0 unspecified atom stereocenters. The minimum absolute atomic E-state index is 0. The molecule has 58 valence electrons. The van der Waals surface area contributed by atoms with Gasteiger partial charge in [-0.2, -0.15) is 5.10 Å². The molecule has 0 saturated carbocycles. The van der Waals surface area contributed by atoms with Gasteiger partial charge in [-0.1, -0.05) is 18.2 Å². The van der Waals surface area contributed by atoms with Crippen molar-refractivity contribution < 1.29 is 0 Å². The van der Waals surface area contributed by atoms with Gasteiger partial charge in [0, 0.05) is 18.6 Å². The van der Waals surface area contributed by atoms with Crippen molar-refractivity contribution in [3.8, 4) is 0 Å². The van der Waals surface area contributed by atoms with Crippen molar-refractivity contribution in [3.05, 3.63) is 30.5 Å². The van der Waals surface area contributed by atoms with Gasteiger partial charge in [0.25, 0.3) is 0 Å². The number of hydrogen-bond acceptors (Lipinski definition) is 1. The highest BCUT2D eigenvalue weighted by Gasteiger charge is 1.92. The van der Waals surface area contributed by atoms with Crippen LogP contribution in [-0.2, 0) is 7.05 Å². The van der Waals surface area contributed by atoms with E-state index in [9.17, 15) is 0 Å². The lowest BCUT2D eigenvalue weighted by atomic mass is 10.3. The lowest BCUT2D eigenvalue weighted by Gasteiger charge is -1.80. The molecule has 0 bridgehead atoms. The molecule has 2 nitrogen and oxygen atoms in total. The van der Waals surface area contributed by atoms with E-state index in [1.54, 1.807) is 0 Å².